The molecule has 4 nitrogen and oxygen atoms in total. The Bertz CT molecular complexity index is 912. The van der Waals surface area contributed by atoms with Crippen LogP contribution in [0, 0.1) is 11.3 Å². The highest BCUT2D eigenvalue weighted by Gasteiger charge is 2.08. The monoisotopic (exact) mass is 343 g/mol. The first-order chi connectivity index (χ1) is 12.8. The third kappa shape index (κ3) is 4.49. The zero-order chi connectivity index (χ0) is 18.2. The second-order valence-electron chi connectivity index (χ2n) is 5.62. The van der Waals surface area contributed by atoms with Crippen molar-refractivity contribution in [1.82, 2.24) is 0 Å². The van der Waals surface area contributed by atoms with E-state index in [1.165, 1.54) is 0 Å². The maximum absolute atomic E-state index is 11.8. The van der Waals surface area contributed by atoms with Crippen molar-refractivity contribution in [2.75, 3.05) is 6.61 Å². The van der Waals surface area contributed by atoms with E-state index in [2.05, 4.69) is 0 Å². The van der Waals surface area contributed by atoms with Crippen molar-refractivity contribution in [3.63, 3.8) is 0 Å². The first-order valence-corrected chi connectivity index (χ1v) is 8.18. The van der Waals surface area contributed by atoms with Gasteiger partial charge in [-0.25, -0.2) is 4.79 Å². The first kappa shape index (κ1) is 17.2. The molecule has 0 aliphatic carbocycles. The van der Waals surface area contributed by atoms with E-state index in [-0.39, 0.29) is 13.2 Å². The highest BCUT2D eigenvalue weighted by molar-refractivity contribution is 5.71. The molecule has 3 rings (SSSR count). The lowest BCUT2D eigenvalue weighted by Crippen LogP contribution is -2.15. The first-order valence-electron chi connectivity index (χ1n) is 8.18. The summed E-state index contributed by atoms with van der Waals surface area (Å²) in [6.07, 6.45) is 0. The van der Waals surface area contributed by atoms with Crippen LogP contribution >= 0.6 is 0 Å². The van der Waals surface area contributed by atoms with Crippen LogP contribution < -0.4 is 4.74 Å². The molecule has 0 bridgehead atoms. The molecule has 0 heterocycles. The Labute approximate surface area is 152 Å². The van der Waals surface area contributed by atoms with Gasteiger partial charge >= 0.3 is 5.97 Å². The van der Waals surface area contributed by atoms with Crippen molar-refractivity contribution in [3.8, 4) is 22.9 Å². The molecule has 0 aliphatic rings. The highest BCUT2D eigenvalue weighted by atomic mass is 16.6. The molecule has 0 unspecified atom stereocenters. The summed E-state index contributed by atoms with van der Waals surface area (Å²) in [6, 6.07) is 26.7. The molecule has 0 saturated carbocycles. The molecule has 0 atom stereocenters. The van der Waals surface area contributed by atoms with Crippen LogP contribution in [0.3, 0.4) is 0 Å². The minimum atomic E-state index is -0.482. The molecule has 128 valence electrons. The van der Waals surface area contributed by atoms with Gasteiger partial charge in [-0.3, -0.25) is 0 Å². The summed E-state index contributed by atoms with van der Waals surface area (Å²) < 4.78 is 10.6. The SMILES string of the molecule is N#Cc1ccccc1OCC(=O)OCc1ccc(-c2ccccc2)cc1. The number of ether oxygens (including phenoxy) is 2. The van der Waals surface area contributed by atoms with E-state index in [0.717, 1.165) is 16.7 Å². The minimum absolute atomic E-state index is 0.178. The average Bonchev–Trinajstić information content (AvgIpc) is 2.72. The Balaban J connectivity index is 1.51. The van der Waals surface area contributed by atoms with Gasteiger partial charge in [-0.1, -0.05) is 66.7 Å². The predicted octanol–water partition coefficient (Wildman–Crippen LogP) is 4.35. The molecule has 3 aromatic rings. The number of hydrogen-bond donors (Lipinski definition) is 0. The van der Waals surface area contributed by atoms with Gasteiger partial charge in [0.05, 0.1) is 5.56 Å². The zero-order valence-electron chi connectivity index (χ0n) is 14.1. The lowest BCUT2D eigenvalue weighted by atomic mass is 10.0. The van der Waals surface area contributed by atoms with Gasteiger partial charge in [-0.05, 0) is 28.8 Å². The Hall–Kier alpha value is -3.58. The summed E-state index contributed by atoms with van der Waals surface area (Å²) in [5.41, 5.74) is 3.53. The van der Waals surface area contributed by atoms with Gasteiger partial charge in [0.15, 0.2) is 6.61 Å². The smallest absolute Gasteiger partial charge is 0.344 e. The Morgan fingerprint density at radius 1 is 0.846 bits per heavy atom. The Kier molecular flexibility index (Phi) is 5.64. The van der Waals surface area contributed by atoms with Gasteiger partial charge in [-0.2, -0.15) is 5.26 Å². The number of rotatable bonds is 6. The van der Waals surface area contributed by atoms with Crippen LogP contribution in [0.4, 0.5) is 0 Å². The largest absolute Gasteiger partial charge is 0.481 e. The molecule has 0 saturated heterocycles. The van der Waals surface area contributed by atoms with Crippen molar-refractivity contribution in [1.29, 1.82) is 5.26 Å². The summed E-state index contributed by atoms with van der Waals surface area (Å²) in [6.45, 7) is -0.0576. The van der Waals surface area contributed by atoms with Crippen molar-refractivity contribution in [2.24, 2.45) is 0 Å². The fourth-order valence-electron chi connectivity index (χ4n) is 2.45. The fraction of sp³-hybridized carbons (Fsp3) is 0.0909. The van der Waals surface area contributed by atoms with Gasteiger partial charge in [0.1, 0.15) is 18.4 Å². The molecule has 0 amide bonds. The average molecular weight is 343 g/mol. The van der Waals surface area contributed by atoms with E-state index < -0.39 is 5.97 Å². The normalized spacial score (nSPS) is 9.96. The quantitative estimate of drug-likeness (QED) is 0.625. The van der Waals surface area contributed by atoms with Gasteiger partial charge in [0.2, 0.25) is 0 Å². The van der Waals surface area contributed by atoms with Crippen LogP contribution in [0.1, 0.15) is 11.1 Å². The molecule has 26 heavy (non-hydrogen) atoms. The summed E-state index contributed by atoms with van der Waals surface area (Å²) in [5, 5.41) is 8.99. The van der Waals surface area contributed by atoms with E-state index in [0.29, 0.717) is 11.3 Å². The molecule has 0 N–H and O–H groups in total. The summed E-state index contributed by atoms with van der Waals surface area (Å²) in [5.74, 6) is -0.107. The second-order valence-corrected chi connectivity index (χ2v) is 5.62. The number of nitriles is 1. The third-order valence-electron chi connectivity index (χ3n) is 3.81. The Morgan fingerprint density at radius 3 is 2.23 bits per heavy atom. The number of carbonyl (C=O) groups excluding carboxylic acids is 1. The maximum Gasteiger partial charge on any atom is 0.344 e. The van der Waals surface area contributed by atoms with Crippen LogP contribution in [0.15, 0.2) is 78.9 Å². The summed E-state index contributed by atoms with van der Waals surface area (Å²) in [4.78, 5) is 11.8. The van der Waals surface area contributed by atoms with E-state index in [9.17, 15) is 4.79 Å². The molecular formula is C22H17NO3. The molecular weight excluding hydrogens is 326 g/mol. The number of hydrogen-bond acceptors (Lipinski definition) is 4. The van der Waals surface area contributed by atoms with E-state index >= 15 is 0 Å². The van der Waals surface area contributed by atoms with Crippen LogP contribution in [0.5, 0.6) is 5.75 Å². The van der Waals surface area contributed by atoms with Gasteiger partial charge in [-0.15, -0.1) is 0 Å². The van der Waals surface area contributed by atoms with Gasteiger partial charge < -0.3 is 9.47 Å². The predicted molar refractivity (Wildman–Crippen MR) is 98.3 cm³/mol. The van der Waals surface area contributed by atoms with Crippen molar-refractivity contribution in [2.45, 2.75) is 6.61 Å². The molecule has 4 heteroatoms. The topological polar surface area (TPSA) is 59.3 Å². The standard InChI is InChI=1S/C22H17NO3/c23-14-20-8-4-5-9-21(20)25-16-22(24)26-15-17-10-12-19(13-11-17)18-6-2-1-3-7-18/h1-13H,15-16H2. The highest BCUT2D eigenvalue weighted by Crippen LogP contribution is 2.20. The van der Waals surface area contributed by atoms with Gasteiger partial charge in [0, 0.05) is 0 Å². The van der Waals surface area contributed by atoms with Crippen molar-refractivity contribution in [3.05, 3.63) is 90.0 Å². The van der Waals surface area contributed by atoms with E-state index in [1.807, 2.05) is 60.7 Å². The molecule has 0 aliphatic heterocycles. The number of nitrogens with zero attached hydrogens (tertiary/aromatic N) is 1. The maximum atomic E-state index is 11.8. The van der Waals surface area contributed by atoms with Crippen LogP contribution in [-0.4, -0.2) is 12.6 Å². The van der Waals surface area contributed by atoms with E-state index in [1.54, 1.807) is 24.3 Å². The molecule has 0 aromatic heterocycles. The molecule has 0 radical (unpaired) electrons. The molecule has 3 aromatic carbocycles. The number of benzene rings is 3. The lowest BCUT2D eigenvalue weighted by Gasteiger charge is -2.09. The minimum Gasteiger partial charge on any atom is -0.481 e. The molecule has 0 spiro atoms. The second kappa shape index (κ2) is 8.50. The summed E-state index contributed by atoms with van der Waals surface area (Å²) in [7, 11) is 0. The molecule has 0 fully saturated rings. The van der Waals surface area contributed by atoms with Crippen LogP contribution in [-0.2, 0) is 16.1 Å². The Morgan fingerprint density at radius 2 is 1.50 bits per heavy atom. The summed E-state index contributed by atoms with van der Waals surface area (Å²) >= 11 is 0. The lowest BCUT2D eigenvalue weighted by molar-refractivity contribution is -0.147. The van der Waals surface area contributed by atoms with Gasteiger partial charge in [0.25, 0.3) is 0 Å². The van der Waals surface area contributed by atoms with Crippen LogP contribution in [0.2, 0.25) is 0 Å². The van der Waals surface area contributed by atoms with E-state index in [4.69, 9.17) is 14.7 Å². The van der Waals surface area contributed by atoms with Crippen molar-refractivity contribution >= 4 is 5.97 Å². The van der Waals surface area contributed by atoms with Crippen molar-refractivity contribution < 1.29 is 14.3 Å². The fourth-order valence-corrected chi connectivity index (χ4v) is 2.45. The third-order valence-corrected chi connectivity index (χ3v) is 3.81. The zero-order valence-corrected chi connectivity index (χ0v) is 14.1. The number of esters is 1. The number of para-hydroxylation sites is 1. The number of carbonyl (C=O) groups is 1. The van der Waals surface area contributed by atoms with Crippen LogP contribution in [0.25, 0.3) is 11.1 Å².